The van der Waals surface area contributed by atoms with Gasteiger partial charge in [-0.2, -0.15) is 0 Å². The predicted octanol–water partition coefficient (Wildman–Crippen LogP) is 2.90. The van der Waals surface area contributed by atoms with Gasteiger partial charge in [0.2, 0.25) is 0 Å². The summed E-state index contributed by atoms with van der Waals surface area (Å²) in [4.78, 5) is 4.47. The Labute approximate surface area is 111 Å². The number of aromatic nitrogens is 2. The van der Waals surface area contributed by atoms with Gasteiger partial charge in [0.25, 0.3) is 0 Å². The first-order valence-corrected chi connectivity index (χ1v) is 6.63. The van der Waals surface area contributed by atoms with Crippen LogP contribution in [0.4, 0.5) is 0 Å². The molecule has 0 bridgehead atoms. The summed E-state index contributed by atoms with van der Waals surface area (Å²) in [6.07, 6.45) is 6.31. The van der Waals surface area contributed by atoms with Gasteiger partial charge in [-0.05, 0) is 31.7 Å². The van der Waals surface area contributed by atoms with E-state index in [1.54, 1.807) is 0 Å². The average Bonchev–Trinajstić information content (AvgIpc) is 2.82. The number of aliphatic hydroxyl groups excluding tert-OH is 1. The zero-order valence-electron chi connectivity index (χ0n) is 10.1. The lowest BCUT2D eigenvalue weighted by Gasteiger charge is -2.17. The van der Waals surface area contributed by atoms with Crippen LogP contribution < -0.4 is 0 Å². The number of halogens is 1. The maximum Gasteiger partial charge on any atom is 0.0998 e. The summed E-state index contributed by atoms with van der Waals surface area (Å²) in [7, 11) is 0. The van der Waals surface area contributed by atoms with Crippen molar-refractivity contribution in [2.24, 2.45) is 0 Å². The van der Waals surface area contributed by atoms with E-state index in [2.05, 4.69) is 4.98 Å². The predicted molar refractivity (Wildman–Crippen MR) is 71.1 cm³/mol. The first-order valence-electron chi connectivity index (χ1n) is 6.25. The van der Waals surface area contributed by atoms with Crippen molar-refractivity contribution in [3.63, 3.8) is 0 Å². The van der Waals surface area contributed by atoms with E-state index in [4.69, 9.17) is 11.6 Å². The molecule has 0 saturated carbocycles. The smallest absolute Gasteiger partial charge is 0.0998 e. The van der Waals surface area contributed by atoms with Crippen molar-refractivity contribution in [3.8, 4) is 5.69 Å². The Bertz CT molecular complexity index is 577. The van der Waals surface area contributed by atoms with Crippen LogP contribution in [-0.4, -0.2) is 14.7 Å². The summed E-state index contributed by atoms with van der Waals surface area (Å²) in [5, 5.41) is 10.1. The molecule has 0 spiro atoms. The second-order valence-corrected chi connectivity index (χ2v) is 5.03. The highest BCUT2D eigenvalue weighted by Crippen LogP contribution is 2.29. The van der Waals surface area contributed by atoms with Gasteiger partial charge in [-0.25, -0.2) is 4.98 Å². The molecular weight excluding hydrogens is 248 g/mol. The fourth-order valence-electron chi connectivity index (χ4n) is 2.62. The highest BCUT2D eigenvalue weighted by molar-refractivity contribution is 6.32. The van der Waals surface area contributed by atoms with E-state index >= 15 is 0 Å². The monoisotopic (exact) mass is 262 g/mol. The Balaban J connectivity index is 2.18. The van der Waals surface area contributed by atoms with Gasteiger partial charge in [0.1, 0.15) is 0 Å². The van der Waals surface area contributed by atoms with E-state index in [0.717, 1.165) is 24.1 Å². The molecule has 4 heteroatoms. The molecule has 94 valence electrons. The van der Waals surface area contributed by atoms with Gasteiger partial charge >= 0.3 is 0 Å². The molecule has 1 aromatic carbocycles. The molecule has 0 unspecified atom stereocenters. The molecular formula is C14H15ClN2O. The van der Waals surface area contributed by atoms with Crippen molar-refractivity contribution in [1.82, 2.24) is 9.55 Å². The van der Waals surface area contributed by atoms with Crippen LogP contribution in [0.2, 0.25) is 5.02 Å². The van der Waals surface area contributed by atoms with Crippen molar-refractivity contribution in [1.29, 1.82) is 0 Å². The van der Waals surface area contributed by atoms with E-state index < -0.39 is 0 Å². The van der Waals surface area contributed by atoms with Crippen molar-refractivity contribution >= 4 is 11.6 Å². The zero-order valence-corrected chi connectivity index (χ0v) is 10.8. The molecule has 2 aromatic rings. The fourth-order valence-corrected chi connectivity index (χ4v) is 2.90. The third-order valence-electron chi connectivity index (χ3n) is 3.51. The fraction of sp³-hybridized carbons (Fsp3) is 0.357. The lowest BCUT2D eigenvalue weighted by Crippen LogP contribution is -2.09. The molecule has 0 fully saturated rings. The van der Waals surface area contributed by atoms with Gasteiger partial charge in [0, 0.05) is 11.3 Å². The van der Waals surface area contributed by atoms with Crippen molar-refractivity contribution < 1.29 is 5.11 Å². The van der Waals surface area contributed by atoms with E-state index in [-0.39, 0.29) is 6.61 Å². The second-order valence-electron chi connectivity index (χ2n) is 4.62. The van der Waals surface area contributed by atoms with Crippen LogP contribution in [0.15, 0.2) is 24.5 Å². The number of imidazole rings is 1. The van der Waals surface area contributed by atoms with Crippen LogP contribution in [-0.2, 0) is 19.4 Å². The maximum atomic E-state index is 9.45. The lowest BCUT2D eigenvalue weighted by atomic mass is 10.0. The normalized spacial score (nSPS) is 14.6. The third-order valence-corrected chi connectivity index (χ3v) is 3.82. The number of fused-ring (bicyclic) bond motifs is 1. The Morgan fingerprint density at radius 1 is 1.28 bits per heavy atom. The zero-order chi connectivity index (χ0) is 12.5. The Morgan fingerprint density at radius 2 is 2.11 bits per heavy atom. The molecule has 3 nitrogen and oxygen atoms in total. The van der Waals surface area contributed by atoms with Crippen molar-refractivity contribution in [3.05, 3.63) is 46.5 Å². The molecule has 0 radical (unpaired) electrons. The summed E-state index contributed by atoms with van der Waals surface area (Å²) in [5.74, 6) is 0. The van der Waals surface area contributed by atoms with Gasteiger partial charge in [0.15, 0.2) is 0 Å². The van der Waals surface area contributed by atoms with Gasteiger partial charge in [-0.1, -0.05) is 23.7 Å². The maximum absolute atomic E-state index is 9.45. The van der Waals surface area contributed by atoms with Gasteiger partial charge in [-0.3, -0.25) is 0 Å². The molecule has 0 amide bonds. The topological polar surface area (TPSA) is 38.0 Å². The SMILES string of the molecule is OCc1cccc(Cl)c1-n1cnc2c1CCCC2. The summed E-state index contributed by atoms with van der Waals surface area (Å²) in [5.41, 5.74) is 4.12. The molecule has 0 aliphatic heterocycles. The molecule has 3 rings (SSSR count). The minimum absolute atomic E-state index is 0.0111. The van der Waals surface area contributed by atoms with Crippen LogP contribution in [0, 0.1) is 0 Å². The van der Waals surface area contributed by atoms with E-state index in [9.17, 15) is 5.11 Å². The minimum Gasteiger partial charge on any atom is -0.392 e. The molecule has 18 heavy (non-hydrogen) atoms. The number of hydrogen-bond donors (Lipinski definition) is 1. The number of aryl methyl sites for hydroxylation is 1. The highest BCUT2D eigenvalue weighted by atomic mass is 35.5. The minimum atomic E-state index is -0.0111. The van der Waals surface area contributed by atoms with E-state index in [1.165, 1.54) is 24.2 Å². The molecule has 1 N–H and O–H groups in total. The quantitative estimate of drug-likeness (QED) is 0.904. The average molecular weight is 263 g/mol. The van der Waals surface area contributed by atoms with Crippen LogP contribution >= 0.6 is 11.6 Å². The molecule has 1 heterocycles. The Morgan fingerprint density at radius 3 is 2.94 bits per heavy atom. The van der Waals surface area contributed by atoms with Gasteiger partial charge in [0.05, 0.1) is 29.3 Å². The van der Waals surface area contributed by atoms with Crippen molar-refractivity contribution in [2.75, 3.05) is 0 Å². The van der Waals surface area contributed by atoms with Crippen LogP contribution in [0.3, 0.4) is 0 Å². The Kier molecular flexibility index (Phi) is 3.10. The summed E-state index contributed by atoms with van der Waals surface area (Å²) < 4.78 is 2.04. The number of rotatable bonds is 2. The number of aliphatic hydroxyl groups is 1. The second kappa shape index (κ2) is 4.75. The summed E-state index contributed by atoms with van der Waals surface area (Å²) >= 11 is 6.28. The first-order chi connectivity index (χ1) is 8.81. The van der Waals surface area contributed by atoms with E-state index in [0.29, 0.717) is 5.02 Å². The van der Waals surface area contributed by atoms with Crippen LogP contribution in [0.5, 0.6) is 0 Å². The van der Waals surface area contributed by atoms with Crippen LogP contribution in [0.1, 0.15) is 29.8 Å². The third kappa shape index (κ3) is 1.84. The molecule has 0 saturated heterocycles. The van der Waals surface area contributed by atoms with Gasteiger partial charge in [-0.15, -0.1) is 0 Å². The van der Waals surface area contributed by atoms with Crippen LogP contribution in [0.25, 0.3) is 5.69 Å². The summed E-state index contributed by atoms with van der Waals surface area (Å²) in [6.45, 7) is -0.0111. The Hall–Kier alpha value is -1.32. The number of nitrogens with zero attached hydrogens (tertiary/aromatic N) is 2. The van der Waals surface area contributed by atoms with Gasteiger partial charge < -0.3 is 9.67 Å². The standard InChI is InChI=1S/C14H15ClN2O/c15-11-5-3-4-10(8-18)14(11)17-9-16-12-6-1-2-7-13(12)17/h3-5,9,18H,1-2,6-8H2. The lowest BCUT2D eigenvalue weighted by molar-refractivity contribution is 0.281. The number of hydrogen-bond acceptors (Lipinski definition) is 2. The first kappa shape index (κ1) is 11.8. The highest BCUT2D eigenvalue weighted by Gasteiger charge is 2.18. The number of benzene rings is 1. The summed E-state index contributed by atoms with van der Waals surface area (Å²) in [6, 6.07) is 5.61. The molecule has 0 atom stereocenters. The largest absolute Gasteiger partial charge is 0.392 e. The molecule has 1 aliphatic rings. The van der Waals surface area contributed by atoms with Crippen molar-refractivity contribution in [2.45, 2.75) is 32.3 Å². The van der Waals surface area contributed by atoms with E-state index in [1.807, 2.05) is 29.1 Å². The molecule has 1 aliphatic carbocycles. The number of para-hydroxylation sites is 1. The molecule has 1 aromatic heterocycles.